The van der Waals surface area contributed by atoms with Crippen molar-refractivity contribution in [1.82, 2.24) is 24.7 Å². The fourth-order valence-electron chi connectivity index (χ4n) is 3.18. The van der Waals surface area contributed by atoms with Gasteiger partial charge in [0, 0.05) is 25.1 Å². The Morgan fingerprint density at radius 3 is 2.87 bits per heavy atom. The Balaban J connectivity index is 1.48. The van der Waals surface area contributed by atoms with Gasteiger partial charge in [-0.2, -0.15) is 5.10 Å². The zero-order valence-corrected chi connectivity index (χ0v) is 17.1. The van der Waals surface area contributed by atoms with E-state index < -0.39 is 0 Å². The molecule has 0 aliphatic rings. The summed E-state index contributed by atoms with van der Waals surface area (Å²) in [5.41, 5.74) is 4.78. The van der Waals surface area contributed by atoms with Gasteiger partial charge in [-0.05, 0) is 42.7 Å². The Bertz CT molecular complexity index is 1200. The summed E-state index contributed by atoms with van der Waals surface area (Å²) in [6.07, 6.45) is 7.57. The van der Waals surface area contributed by atoms with Gasteiger partial charge in [-0.15, -0.1) is 0 Å². The molecule has 0 saturated carbocycles. The number of nitrogens with one attached hydrogen (secondary N) is 2. The van der Waals surface area contributed by atoms with Crippen molar-refractivity contribution < 1.29 is 4.79 Å². The lowest BCUT2D eigenvalue weighted by Crippen LogP contribution is -2.14. The third kappa shape index (κ3) is 4.12. The fraction of sp³-hybridized carbons (Fsp3) is 0.227. The van der Waals surface area contributed by atoms with Crippen molar-refractivity contribution in [2.75, 3.05) is 10.6 Å². The summed E-state index contributed by atoms with van der Waals surface area (Å²) < 4.78 is 1.69. The van der Waals surface area contributed by atoms with Crippen LogP contribution in [0, 0.1) is 0 Å². The van der Waals surface area contributed by atoms with Crippen LogP contribution >= 0.6 is 0 Å². The van der Waals surface area contributed by atoms with Gasteiger partial charge >= 0.3 is 0 Å². The summed E-state index contributed by atoms with van der Waals surface area (Å²) in [6.45, 7) is 4.07. The van der Waals surface area contributed by atoms with Crippen LogP contribution in [-0.4, -0.2) is 30.6 Å². The van der Waals surface area contributed by atoms with Crippen LogP contribution in [0.3, 0.4) is 0 Å². The number of anilines is 2. The molecule has 0 aliphatic carbocycles. The molecule has 0 unspecified atom stereocenters. The zero-order chi connectivity index (χ0) is 21.1. The molecule has 0 spiro atoms. The van der Waals surface area contributed by atoms with E-state index in [4.69, 9.17) is 0 Å². The first-order chi connectivity index (χ1) is 14.5. The molecule has 1 atom stereocenters. The predicted octanol–water partition coefficient (Wildman–Crippen LogP) is 3.75. The lowest BCUT2D eigenvalue weighted by Gasteiger charge is -2.16. The summed E-state index contributed by atoms with van der Waals surface area (Å²) >= 11 is 0. The molecule has 0 saturated heterocycles. The van der Waals surface area contributed by atoms with Gasteiger partial charge < -0.3 is 10.6 Å². The number of carbonyl (C=O) groups is 1. The molecule has 30 heavy (non-hydrogen) atoms. The number of amides is 1. The minimum absolute atomic E-state index is 0.0353. The number of aromatic nitrogens is 5. The molecule has 3 heterocycles. The van der Waals surface area contributed by atoms with Crippen molar-refractivity contribution in [3.63, 3.8) is 0 Å². The van der Waals surface area contributed by atoms with Crippen LogP contribution in [0.2, 0.25) is 0 Å². The predicted molar refractivity (Wildman–Crippen MR) is 116 cm³/mol. The van der Waals surface area contributed by atoms with Gasteiger partial charge in [-0.3, -0.25) is 9.78 Å². The monoisotopic (exact) mass is 401 g/mol. The van der Waals surface area contributed by atoms with Crippen LogP contribution in [0.25, 0.3) is 11.2 Å². The Morgan fingerprint density at radius 1 is 1.17 bits per heavy atom. The third-order valence-electron chi connectivity index (χ3n) is 4.92. The number of rotatable bonds is 6. The van der Waals surface area contributed by atoms with Crippen molar-refractivity contribution in [2.24, 2.45) is 7.05 Å². The molecule has 0 bridgehead atoms. The van der Waals surface area contributed by atoms with E-state index in [0.29, 0.717) is 11.4 Å². The van der Waals surface area contributed by atoms with Crippen LogP contribution in [0.15, 0.2) is 55.1 Å². The molecule has 1 aromatic carbocycles. The molecule has 0 radical (unpaired) electrons. The van der Waals surface area contributed by atoms with Gasteiger partial charge in [0.2, 0.25) is 0 Å². The number of hydrogen-bond acceptors (Lipinski definition) is 6. The Kier molecular flexibility index (Phi) is 5.38. The van der Waals surface area contributed by atoms with Crippen LogP contribution in [0.4, 0.5) is 11.5 Å². The first-order valence-corrected chi connectivity index (χ1v) is 9.80. The van der Waals surface area contributed by atoms with Gasteiger partial charge in [0.05, 0.1) is 24.0 Å². The Labute approximate surface area is 174 Å². The van der Waals surface area contributed by atoms with Crippen LogP contribution < -0.4 is 10.6 Å². The van der Waals surface area contributed by atoms with Crippen LogP contribution in [0.5, 0.6) is 0 Å². The van der Waals surface area contributed by atoms with Crippen molar-refractivity contribution >= 4 is 28.6 Å². The van der Waals surface area contributed by atoms with Crippen LogP contribution in [-0.2, 0) is 13.5 Å². The van der Waals surface area contributed by atoms with Gasteiger partial charge in [-0.1, -0.05) is 19.1 Å². The average Bonchev–Trinajstić information content (AvgIpc) is 3.14. The van der Waals surface area contributed by atoms with Gasteiger partial charge in [0.1, 0.15) is 11.3 Å². The molecule has 0 fully saturated rings. The Morgan fingerprint density at radius 2 is 2.03 bits per heavy atom. The topological polar surface area (TPSA) is 97.6 Å². The third-order valence-corrected chi connectivity index (χ3v) is 4.92. The molecule has 3 aromatic heterocycles. The number of carbonyl (C=O) groups excluding carboxylic acids is 1. The molecule has 8 heteroatoms. The smallest absolute Gasteiger partial charge is 0.257 e. The minimum Gasteiger partial charge on any atom is -0.362 e. The number of hydrogen-bond donors (Lipinski definition) is 2. The highest BCUT2D eigenvalue weighted by atomic mass is 16.1. The molecule has 0 aliphatic heterocycles. The highest BCUT2D eigenvalue weighted by Crippen LogP contribution is 2.22. The van der Waals surface area contributed by atoms with Crippen molar-refractivity contribution in [2.45, 2.75) is 26.3 Å². The summed E-state index contributed by atoms with van der Waals surface area (Å²) in [5.74, 6) is 0.485. The number of fused-ring (bicyclic) bond motifs is 1. The van der Waals surface area contributed by atoms with Crippen molar-refractivity contribution in [3.05, 3.63) is 71.8 Å². The molecule has 1 amide bonds. The summed E-state index contributed by atoms with van der Waals surface area (Å²) in [7, 11) is 1.84. The molecular formula is C22H23N7O. The Hall–Kier alpha value is -3.81. The second kappa shape index (κ2) is 8.28. The second-order valence-electron chi connectivity index (χ2n) is 7.11. The van der Waals surface area contributed by atoms with Crippen molar-refractivity contribution in [3.8, 4) is 0 Å². The van der Waals surface area contributed by atoms with E-state index in [-0.39, 0.29) is 11.9 Å². The number of nitrogens with zero attached hydrogens (tertiary/aromatic N) is 5. The number of benzene rings is 1. The van der Waals surface area contributed by atoms with Crippen molar-refractivity contribution in [1.29, 1.82) is 0 Å². The maximum Gasteiger partial charge on any atom is 0.257 e. The van der Waals surface area contributed by atoms with E-state index in [2.05, 4.69) is 30.7 Å². The normalized spacial score (nSPS) is 12.0. The van der Waals surface area contributed by atoms with E-state index in [1.165, 1.54) is 0 Å². The summed E-state index contributed by atoms with van der Waals surface area (Å²) in [6, 6.07) is 9.56. The molecule has 2 N–H and O–H groups in total. The van der Waals surface area contributed by atoms with E-state index in [1.807, 2.05) is 51.2 Å². The van der Waals surface area contributed by atoms with Gasteiger partial charge in [-0.25, -0.2) is 14.6 Å². The quantitative estimate of drug-likeness (QED) is 0.511. The first kappa shape index (κ1) is 19.5. The maximum atomic E-state index is 12.6. The summed E-state index contributed by atoms with van der Waals surface area (Å²) in [5, 5.41) is 10.5. The molecule has 152 valence electrons. The summed E-state index contributed by atoms with van der Waals surface area (Å²) in [4.78, 5) is 25.7. The van der Waals surface area contributed by atoms with E-state index in [1.54, 1.807) is 29.5 Å². The maximum absolute atomic E-state index is 12.6. The lowest BCUT2D eigenvalue weighted by atomic mass is 10.1. The van der Waals surface area contributed by atoms with Crippen LogP contribution in [0.1, 0.15) is 41.4 Å². The minimum atomic E-state index is -0.178. The standard InChI is InChI=1S/C22H23N7O/c1-4-15-8-17(11-23-10-15)22(30)27-18-7-5-6-16(9-18)14(2)26-20-13-24-19-12-25-29(3)21(19)28-20/h5-14H,4H2,1-3H3,(H,26,28)(H,27,30)/t14-/m0/s1. The molecular weight excluding hydrogens is 378 g/mol. The molecule has 4 aromatic rings. The van der Waals surface area contributed by atoms with E-state index in [0.717, 1.165) is 34.4 Å². The molecule has 8 nitrogen and oxygen atoms in total. The fourth-order valence-corrected chi connectivity index (χ4v) is 3.18. The van der Waals surface area contributed by atoms with E-state index >= 15 is 0 Å². The number of pyridine rings is 1. The average molecular weight is 401 g/mol. The first-order valence-electron chi connectivity index (χ1n) is 9.80. The van der Waals surface area contributed by atoms with Gasteiger partial charge in [0.25, 0.3) is 5.91 Å². The van der Waals surface area contributed by atoms with E-state index in [9.17, 15) is 4.79 Å². The zero-order valence-electron chi connectivity index (χ0n) is 17.1. The lowest BCUT2D eigenvalue weighted by molar-refractivity contribution is 0.102. The largest absolute Gasteiger partial charge is 0.362 e. The van der Waals surface area contributed by atoms with Gasteiger partial charge in [0.15, 0.2) is 5.65 Å². The second-order valence-corrected chi connectivity index (χ2v) is 7.11. The number of aryl methyl sites for hydroxylation is 2. The highest BCUT2D eigenvalue weighted by molar-refractivity contribution is 6.04. The molecule has 4 rings (SSSR count). The highest BCUT2D eigenvalue weighted by Gasteiger charge is 2.12. The SMILES string of the molecule is CCc1cncc(C(=O)Nc2cccc([C@H](C)Nc3cnc4cnn(C)c4n3)c2)c1.